The number of nitrogens with one attached hydrogen (secondary N) is 2. The fraction of sp³-hybridized carbons (Fsp3) is 0.210. The minimum atomic E-state index is -0.749. The average molecular weight is 1220 g/mol. The Morgan fingerprint density at radius 1 is 0.512 bits per heavy atom. The monoisotopic (exact) mass is 1210 g/mol. The van der Waals surface area contributed by atoms with Crippen LogP contribution in [0, 0.1) is 6.92 Å². The Bertz CT molecular complexity index is 3520. The van der Waals surface area contributed by atoms with Crippen LogP contribution in [0.1, 0.15) is 72.0 Å². The second-order valence-electron chi connectivity index (χ2n) is 19.6. The quantitative estimate of drug-likeness (QED) is 0.0569. The molecule has 8 aromatic rings. The van der Waals surface area contributed by atoms with Crippen LogP contribution in [0.4, 0.5) is 17.1 Å². The van der Waals surface area contributed by atoms with E-state index in [2.05, 4.69) is 44.6 Å². The van der Waals surface area contributed by atoms with E-state index in [0.717, 1.165) is 94.5 Å². The summed E-state index contributed by atoms with van der Waals surface area (Å²) in [7, 11) is 4.76. The van der Waals surface area contributed by atoms with E-state index in [-0.39, 0.29) is 32.2 Å². The van der Waals surface area contributed by atoms with Crippen molar-refractivity contribution in [1.82, 2.24) is 15.0 Å². The molecule has 20 heteroatoms. The zero-order chi connectivity index (χ0) is 57.7. The van der Waals surface area contributed by atoms with Crippen molar-refractivity contribution in [3.63, 3.8) is 0 Å². The second kappa shape index (κ2) is 26.7. The standard InChI is InChI=1S/C23H20N2O3.C16H13ClN2O3.C11H10O4.C7H7.C5H5ClN2.ClH.Zn/c26-22(23(9-10-23)17-6-7-20-21(13-17)28-15-27-20)25-18-8-11-24-19(14-18)12-16-4-2-1-3-5-16;17-14-8-11(3-6-18-14)19-15(20)16(4-5-16)10-1-2-12-13(7-10)22-9-21-12;12-10(13)11(3-4-11)7-1-2-8-9(5-7)15-6-14-8;1-7-5-3-2-4-6-7;6-5-3-4(7)1-2-8-5;;/h1-8,11,13-14H,9-10,12,15H2,(H,24,25,26);1-3,6-8H,4-5,9H2,(H,18,19,20);1-2,5H,3-4,6H2,(H,12,13);2-6H,1H2;1-3H,(H2,7,8);1H;/q;;;-1;;;+2/p-1. The van der Waals surface area contributed by atoms with Gasteiger partial charge in [-0.25, -0.2) is 9.97 Å². The second-order valence-corrected chi connectivity index (χ2v) is 20.4. The van der Waals surface area contributed by atoms with Crippen molar-refractivity contribution in [2.24, 2.45) is 0 Å². The van der Waals surface area contributed by atoms with Gasteiger partial charge in [0, 0.05) is 47.8 Å². The van der Waals surface area contributed by atoms with Gasteiger partial charge in [-0.05, 0) is 134 Å². The van der Waals surface area contributed by atoms with E-state index < -0.39 is 22.2 Å². The van der Waals surface area contributed by atoms with Crippen molar-refractivity contribution in [3.05, 3.63) is 221 Å². The number of pyridine rings is 3. The Hall–Kier alpha value is -8.08. The van der Waals surface area contributed by atoms with E-state index in [1.165, 1.54) is 5.56 Å². The molecular formula is C62H55Cl3N6O10Zn. The summed E-state index contributed by atoms with van der Waals surface area (Å²) in [5.74, 6) is 3.45. The summed E-state index contributed by atoms with van der Waals surface area (Å²) in [6.07, 6.45) is 10.3. The number of ether oxygens (including phenoxy) is 6. The van der Waals surface area contributed by atoms with Crippen LogP contribution >= 0.6 is 32.9 Å². The summed E-state index contributed by atoms with van der Waals surface area (Å²) in [6.45, 7) is 4.41. The number of anilines is 3. The number of carbonyl (C=O) groups excluding carboxylic acids is 2. The van der Waals surface area contributed by atoms with Gasteiger partial charge in [-0.15, -0.1) is 12.1 Å². The first-order chi connectivity index (χ1) is 39.8. The van der Waals surface area contributed by atoms with Crippen molar-refractivity contribution in [2.75, 3.05) is 36.7 Å². The van der Waals surface area contributed by atoms with Crippen molar-refractivity contribution in [2.45, 2.75) is 61.2 Å². The van der Waals surface area contributed by atoms with Crippen LogP contribution in [0.25, 0.3) is 0 Å². The Labute approximate surface area is 498 Å². The van der Waals surface area contributed by atoms with Crippen LogP contribution in [0.2, 0.25) is 10.3 Å². The number of hydrogen-bond acceptors (Lipinski definition) is 13. The molecule has 0 radical (unpaired) electrons. The van der Waals surface area contributed by atoms with Crippen LogP contribution in [-0.4, -0.2) is 58.2 Å². The molecule has 5 N–H and O–H groups in total. The Morgan fingerprint density at radius 3 is 1.30 bits per heavy atom. The van der Waals surface area contributed by atoms with Gasteiger partial charge in [-0.3, -0.25) is 19.4 Å². The van der Waals surface area contributed by atoms with Crippen LogP contribution in [0.3, 0.4) is 0 Å². The third kappa shape index (κ3) is 14.5. The van der Waals surface area contributed by atoms with Gasteiger partial charge in [0.2, 0.25) is 32.2 Å². The minimum absolute atomic E-state index is 0.0169. The first-order valence-electron chi connectivity index (χ1n) is 26.0. The molecule has 3 fully saturated rings. The number of benzene rings is 5. The summed E-state index contributed by atoms with van der Waals surface area (Å²) >= 11 is 12.1. The number of hydrogen-bond donors (Lipinski definition) is 4. The van der Waals surface area contributed by atoms with E-state index in [1.54, 1.807) is 55.0 Å². The number of fused-ring (bicyclic) bond motifs is 3. The predicted molar refractivity (Wildman–Crippen MR) is 308 cm³/mol. The number of carboxylic acids is 1. The summed E-state index contributed by atoms with van der Waals surface area (Å²) in [4.78, 5) is 48.9. The molecule has 14 rings (SSSR count). The predicted octanol–water partition coefficient (Wildman–Crippen LogP) is 12.6. The van der Waals surface area contributed by atoms with Crippen LogP contribution < -0.4 is 44.8 Å². The molecule has 2 amide bonds. The molecular weight excluding hydrogens is 1160 g/mol. The van der Waals surface area contributed by atoms with Crippen LogP contribution in [0.5, 0.6) is 34.5 Å². The molecule has 0 spiro atoms. The Kier molecular flexibility index (Phi) is 19.1. The van der Waals surface area contributed by atoms with Gasteiger partial charge in [0.25, 0.3) is 0 Å². The molecule has 82 heavy (non-hydrogen) atoms. The zero-order valence-electron chi connectivity index (χ0n) is 44.3. The number of nitrogen functional groups attached to an aromatic ring is 1. The van der Waals surface area contributed by atoms with Crippen molar-refractivity contribution in [3.8, 4) is 34.5 Å². The van der Waals surface area contributed by atoms with E-state index in [0.29, 0.717) is 57.5 Å². The van der Waals surface area contributed by atoms with Crippen LogP contribution in [0.15, 0.2) is 170 Å². The first-order valence-corrected chi connectivity index (χ1v) is 30.6. The van der Waals surface area contributed by atoms with Crippen molar-refractivity contribution < 1.29 is 65.2 Å². The molecule has 3 aliphatic heterocycles. The number of aromatic nitrogens is 3. The van der Waals surface area contributed by atoms with Gasteiger partial charge in [-0.2, -0.15) is 24.6 Å². The SMILES string of the molecule is Nc1ccnc(Cl)c1.O=C(Nc1ccnc(Cc2ccccc2)c1)C1(c2ccc3c(c2)OCO3)CC1.O=C(Nc1ccnc(Cl)c1)C1(c2ccc3c(c2)OCO3)CC1.O=C(O)C1(c2ccc3c(c2)OCO3)CC1.[CH2-]c1ccccc1.[Cl][Zn+]. The molecule has 3 saturated carbocycles. The van der Waals surface area contributed by atoms with Crippen LogP contribution in [-0.2, 0) is 54.4 Å². The zero-order valence-corrected chi connectivity index (χ0v) is 49.6. The number of amides is 2. The maximum atomic E-state index is 13.1. The van der Waals surface area contributed by atoms with E-state index in [9.17, 15) is 14.4 Å². The molecule has 6 aliphatic rings. The van der Waals surface area contributed by atoms with Crippen molar-refractivity contribution in [1.29, 1.82) is 0 Å². The fourth-order valence-electron chi connectivity index (χ4n) is 9.21. The Morgan fingerprint density at radius 2 is 0.915 bits per heavy atom. The normalized spacial score (nSPS) is 15.4. The third-order valence-corrected chi connectivity index (χ3v) is 14.6. The molecule has 6 heterocycles. The van der Waals surface area contributed by atoms with Gasteiger partial charge in [-0.1, -0.05) is 77.8 Å². The number of carbonyl (C=O) groups is 3. The molecule has 5 aromatic carbocycles. The fourth-order valence-corrected chi connectivity index (χ4v) is 9.57. The molecule has 3 aromatic heterocycles. The molecule has 0 saturated heterocycles. The number of nitrogens with two attached hydrogens (primary N) is 1. The number of nitrogens with zero attached hydrogens (tertiary/aromatic N) is 3. The summed E-state index contributed by atoms with van der Waals surface area (Å²) in [5, 5.41) is 15.9. The number of rotatable bonds is 10. The van der Waals surface area contributed by atoms with Crippen molar-refractivity contribution >= 4 is 67.7 Å². The average Bonchev–Trinajstić information content (AvgIpc) is 4.64. The van der Waals surface area contributed by atoms with Gasteiger partial charge < -0.3 is 49.9 Å². The van der Waals surface area contributed by atoms with E-state index >= 15 is 0 Å². The topological polar surface area (TPSA) is 216 Å². The molecule has 0 unspecified atom stereocenters. The van der Waals surface area contributed by atoms with Gasteiger partial charge in [0.1, 0.15) is 10.3 Å². The number of aliphatic carboxylic acids is 1. The third-order valence-electron chi connectivity index (χ3n) is 14.2. The van der Waals surface area contributed by atoms with Gasteiger partial charge in [0.05, 0.1) is 16.2 Å². The summed E-state index contributed by atoms with van der Waals surface area (Å²) in [5.41, 5.74) is 11.7. The molecule has 0 atom stereocenters. The molecule has 416 valence electrons. The van der Waals surface area contributed by atoms with Gasteiger partial charge >= 0.3 is 33.0 Å². The summed E-state index contributed by atoms with van der Waals surface area (Å²) in [6, 6.07) is 47.3. The Balaban J connectivity index is 0.000000133. The van der Waals surface area contributed by atoms with E-state index in [1.807, 2.05) is 103 Å². The maximum absolute atomic E-state index is 13.1. The first kappa shape index (κ1) is 58.6. The van der Waals surface area contributed by atoms with E-state index in [4.69, 9.17) is 72.2 Å². The summed E-state index contributed by atoms with van der Waals surface area (Å²) < 4.78 is 32.0. The molecule has 3 aliphatic carbocycles. The number of halogens is 3. The van der Waals surface area contributed by atoms with Gasteiger partial charge in [0.15, 0.2) is 34.5 Å². The molecule has 0 bridgehead atoms. The number of carboxylic acid groups (broad SMARTS) is 1. The molecule has 16 nitrogen and oxygen atoms in total.